The maximum Gasteiger partial charge on any atom is 0.331 e. The minimum atomic E-state index is -0.573. The van der Waals surface area contributed by atoms with Crippen molar-refractivity contribution in [1.82, 2.24) is 14.4 Å². The third kappa shape index (κ3) is 1.28. The van der Waals surface area contributed by atoms with Gasteiger partial charge in [-0.2, -0.15) is 9.97 Å². The molecule has 0 unspecified atom stereocenters. The third-order valence-electron chi connectivity index (χ3n) is 1.60. The van der Waals surface area contributed by atoms with Crippen LogP contribution in [0.2, 0.25) is 10.6 Å². The summed E-state index contributed by atoms with van der Waals surface area (Å²) in [6, 6.07) is 2.73. The highest BCUT2D eigenvalue weighted by Crippen LogP contribution is 2.21. The highest BCUT2D eigenvalue weighted by atomic mass is 35.5. The van der Waals surface area contributed by atoms with E-state index in [4.69, 9.17) is 23.2 Å². The number of halogens is 2. The van der Waals surface area contributed by atoms with Crippen molar-refractivity contribution in [3.63, 3.8) is 0 Å². The van der Waals surface area contributed by atoms with E-state index in [-0.39, 0.29) is 16.4 Å². The second-order valence-corrected chi connectivity index (χ2v) is 3.08. The molecule has 0 N–H and O–H groups in total. The Morgan fingerprint density at radius 2 is 2.07 bits per heavy atom. The van der Waals surface area contributed by atoms with E-state index in [9.17, 15) is 10.1 Å². The molecule has 14 heavy (non-hydrogen) atoms. The maximum absolute atomic E-state index is 10.6. The Balaban J connectivity index is 2.85. The lowest BCUT2D eigenvalue weighted by Gasteiger charge is -1.95. The summed E-state index contributed by atoms with van der Waals surface area (Å²) in [4.78, 5) is 17.3. The van der Waals surface area contributed by atoms with E-state index in [1.54, 1.807) is 0 Å². The van der Waals surface area contributed by atoms with Crippen molar-refractivity contribution in [3.05, 3.63) is 32.8 Å². The Morgan fingerprint density at radius 1 is 1.36 bits per heavy atom. The molecule has 6 nitrogen and oxygen atoms in total. The van der Waals surface area contributed by atoms with Gasteiger partial charge < -0.3 is 10.1 Å². The van der Waals surface area contributed by atoms with Crippen molar-refractivity contribution < 1.29 is 4.92 Å². The predicted octanol–water partition coefficient (Wildman–Crippen LogP) is 1.94. The quantitative estimate of drug-likeness (QED) is 0.557. The van der Waals surface area contributed by atoms with Gasteiger partial charge in [0.05, 0.1) is 0 Å². The van der Waals surface area contributed by atoms with Crippen molar-refractivity contribution in [2.75, 3.05) is 0 Å². The first-order valence-electron chi connectivity index (χ1n) is 3.44. The molecule has 0 amide bonds. The SMILES string of the molecule is O=[N+]([O-])c1ccc2nc(Cl)nc(Cl)n12. The molecule has 0 radical (unpaired) electrons. The smallest absolute Gasteiger partial charge is 0.331 e. The van der Waals surface area contributed by atoms with Gasteiger partial charge in [0, 0.05) is 12.1 Å². The summed E-state index contributed by atoms with van der Waals surface area (Å²) in [7, 11) is 0. The lowest BCUT2D eigenvalue weighted by atomic mass is 10.6. The number of nitro groups is 1. The lowest BCUT2D eigenvalue weighted by molar-refractivity contribution is -0.390. The Labute approximate surface area is 87.2 Å². The lowest BCUT2D eigenvalue weighted by Crippen LogP contribution is -1.99. The Morgan fingerprint density at radius 3 is 2.71 bits per heavy atom. The molecule has 0 aromatic carbocycles. The zero-order chi connectivity index (χ0) is 10.3. The normalized spacial score (nSPS) is 10.7. The largest absolute Gasteiger partial charge is 0.358 e. The van der Waals surface area contributed by atoms with Crippen LogP contribution in [0.4, 0.5) is 5.82 Å². The van der Waals surface area contributed by atoms with Crippen LogP contribution in [0.15, 0.2) is 12.1 Å². The van der Waals surface area contributed by atoms with Crippen LogP contribution in [0, 0.1) is 10.1 Å². The molecule has 0 atom stereocenters. The molecular weight excluding hydrogens is 231 g/mol. The van der Waals surface area contributed by atoms with Gasteiger partial charge in [-0.1, -0.05) is 0 Å². The molecular formula is C6H2Cl2N4O2. The van der Waals surface area contributed by atoms with Crippen molar-refractivity contribution in [2.24, 2.45) is 0 Å². The molecule has 0 aliphatic carbocycles. The fourth-order valence-electron chi connectivity index (χ4n) is 1.08. The highest BCUT2D eigenvalue weighted by Gasteiger charge is 2.18. The first kappa shape index (κ1) is 9.17. The number of hydrogen-bond acceptors (Lipinski definition) is 4. The standard InChI is InChI=1S/C6H2Cl2N4O2/c7-5-9-3-1-2-4(12(13)14)11(3)6(8)10-5/h1-2H. The van der Waals surface area contributed by atoms with E-state index in [1.807, 2.05) is 0 Å². The van der Waals surface area contributed by atoms with Gasteiger partial charge in [-0.25, -0.2) is 0 Å². The van der Waals surface area contributed by atoms with Gasteiger partial charge in [-0.15, -0.1) is 4.40 Å². The van der Waals surface area contributed by atoms with E-state index in [0.29, 0.717) is 5.65 Å². The first-order chi connectivity index (χ1) is 6.59. The molecule has 2 aromatic rings. The molecule has 0 saturated carbocycles. The summed E-state index contributed by atoms with van der Waals surface area (Å²) >= 11 is 11.2. The summed E-state index contributed by atoms with van der Waals surface area (Å²) in [5.74, 6) is -0.193. The fraction of sp³-hybridized carbons (Fsp3) is 0. The average Bonchev–Trinajstić information content (AvgIpc) is 2.47. The Hall–Kier alpha value is -1.40. The van der Waals surface area contributed by atoms with Gasteiger partial charge >= 0.3 is 11.1 Å². The van der Waals surface area contributed by atoms with Gasteiger partial charge in [0.1, 0.15) is 0 Å². The minimum Gasteiger partial charge on any atom is -0.358 e. The van der Waals surface area contributed by atoms with Crippen molar-refractivity contribution in [3.8, 4) is 0 Å². The summed E-state index contributed by atoms with van der Waals surface area (Å²) in [5.41, 5.74) is 0.293. The Bertz CT molecular complexity index is 524. The van der Waals surface area contributed by atoms with Crippen LogP contribution in [0.5, 0.6) is 0 Å². The summed E-state index contributed by atoms with van der Waals surface area (Å²) in [6.45, 7) is 0. The molecule has 2 heterocycles. The molecule has 72 valence electrons. The van der Waals surface area contributed by atoms with Gasteiger partial charge in [0.15, 0.2) is 0 Å². The third-order valence-corrected chi connectivity index (χ3v) is 2.03. The van der Waals surface area contributed by atoms with Crippen molar-refractivity contribution in [2.45, 2.75) is 0 Å². The van der Waals surface area contributed by atoms with Crippen LogP contribution in [0.3, 0.4) is 0 Å². The van der Waals surface area contributed by atoms with Gasteiger partial charge in [-0.05, 0) is 28.1 Å². The molecule has 8 heteroatoms. The van der Waals surface area contributed by atoms with E-state index in [2.05, 4.69) is 9.97 Å². The van der Waals surface area contributed by atoms with E-state index < -0.39 is 4.92 Å². The van der Waals surface area contributed by atoms with Crippen LogP contribution >= 0.6 is 23.2 Å². The molecule has 2 aromatic heterocycles. The fourth-order valence-corrected chi connectivity index (χ4v) is 1.54. The highest BCUT2D eigenvalue weighted by molar-refractivity contribution is 6.31. The Kier molecular flexibility index (Phi) is 2.01. The number of hydrogen-bond donors (Lipinski definition) is 0. The van der Waals surface area contributed by atoms with Crippen LogP contribution in [0.1, 0.15) is 0 Å². The number of nitrogens with zero attached hydrogens (tertiary/aromatic N) is 4. The summed E-state index contributed by atoms with van der Waals surface area (Å²) in [6.07, 6.45) is 0. The molecule has 0 aliphatic rings. The molecule has 0 spiro atoms. The van der Waals surface area contributed by atoms with E-state index in [1.165, 1.54) is 12.1 Å². The minimum absolute atomic E-state index is 0.0458. The first-order valence-corrected chi connectivity index (χ1v) is 4.20. The van der Waals surface area contributed by atoms with Gasteiger partial charge in [-0.3, -0.25) is 0 Å². The number of fused-ring (bicyclic) bond motifs is 1. The zero-order valence-electron chi connectivity index (χ0n) is 6.52. The van der Waals surface area contributed by atoms with Crippen LogP contribution < -0.4 is 0 Å². The maximum atomic E-state index is 10.6. The number of rotatable bonds is 1. The van der Waals surface area contributed by atoms with Gasteiger partial charge in [0.25, 0.3) is 0 Å². The van der Waals surface area contributed by atoms with Crippen LogP contribution in [-0.2, 0) is 0 Å². The molecule has 0 bridgehead atoms. The molecule has 0 fully saturated rings. The van der Waals surface area contributed by atoms with Crippen molar-refractivity contribution in [1.29, 1.82) is 0 Å². The topological polar surface area (TPSA) is 73.3 Å². The van der Waals surface area contributed by atoms with Crippen LogP contribution in [-0.4, -0.2) is 19.3 Å². The van der Waals surface area contributed by atoms with Crippen LogP contribution in [0.25, 0.3) is 5.65 Å². The second-order valence-electron chi connectivity index (χ2n) is 2.40. The van der Waals surface area contributed by atoms with E-state index in [0.717, 1.165) is 4.40 Å². The zero-order valence-corrected chi connectivity index (χ0v) is 8.03. The monoisotopic (exact) mass is 232 g/mol. The predicted molar refractivity (Wildman–Crippen MR) is 49.7 cm³/mol. The summed E-state index contributed by atoms with van der Waals surface area (Å²) in [5, 5.41) is 10.4. The molecule has 0 saturated heterocycles. The molecule has 2 rings (SSSR count). The van der Waals surface area contributed by atoms with Gasteiger partial charge in [0.2, 0.25) is 10.9 Å². The summed E-state index contributed by atoms with van der Waals surface area (Å²) < 4.78 is 1.10. The number of aromatic nitrogens is 3. The second kappa shape index (κ2) is 3.07. The average molecular weight is 233 g/mol. The van der Waals surface area contributed by atoms with E-state index >= 15 is 0 Å². The van der Waals surface area contributed by atoms with Crippen molar-refractivity contribution >= 4 is 34.7 Å². The molecule has 0 aliphatic heterocycles.